The highest BCUT2D eigenvalue weighted by Crippen LogP contribution is 2.27. The third kappa shape index (κ3) is 4.48. The Bertz CT molecular complexity index is 1200. The van der Waals surface area contributed by atoms with Gasteiger partial charge in [0.2, 0.25) is 0 Å². The molecule has 1 aromatic heterocycles. The summed E-state index contributed by atoms with van der Waals surface area (Å²) in [4.78, 5) is 52.2. The van der Waals surface area contributed by atoms with Gasteiger partial charge in [-0.1, -0.05) is 16.8 Å². The van der Waals surface area contributed by atoms with Gasteiger partial charge in [0.05, 0.1) is 16.3 Å². The first-order valence-electron chi connectivity index (χ1n) is 7.92. The summed E-state index contributed by atoms with van der Waals surface area (Å²) in [6.45, 7) is 2.40. The van der Waals surface area contributed by atoms with Crippen molar-refractivity contribution in [3.63, 3.8) is 0 Å². The van der Waals surface area contributed by atoms with Crippen molar-refractivity contribution in [2.24, 2.45) is 12.2 Å². The first-order chi connectivity index (χ1) is 13.8. The minimum Gasteiger partial charge on any atom is -0.312 e. The molecule has 0 saturated carbocycles. The Morgan fingerprint density at radius 1 is 1.13 bits per heavy atom. The molecule has 0 fully saturated rings. The van der Waals surface area contributed by atoms with E-state index in [1.807, 2.05) is 0 Å². The Morgan fingerprint density at radius 2 is 1.73 bits per heavy atom. The van der Waals surface area contributed by atoms with Crippen LogP contribution in [0, 0.1) is 5.82 Å². The Balaban J connectivity index is 2.67. The van der Waals surface area contributed by atoms with Crippen molar-refractivity contribution < 1.29 is 32.0 Å². The molecule has 0 spiro atoms. The summed E-state index contributed by atoms with van der Waals surface area (Å²) in [5.41, 5.74) is -6.11. The quantitative estimate of drug-likeness (QED) is 0.309. The molecule has 0 N–H and O–H groups in total. The van der Waals surface area contributed by atoms with Crippen LogP contribution in [0.15, 0.2) is 32.9 Å². The highest BCUT2D eigenvalue weighted by molar-refractivity contribution is 6.38. The van der Waals surface area contributed by atoms with E-state index < -0.39 is 57.0 Å². The van der Waals surface area contributed by atoms with Gasteiger partial charge >= 0.3 is 17.8 Å². The maximum atomic E-state index is 14.4. The van der Waals surface area contributed by atoms with E-state index in [0.717, 1.165) is 14.0 Å². The van der Waals surface area contributed by atoms with Crippen molar-refractivity contribution in [2.75, 3.05) is 0 Å². The number of aromatic nitrogens is 2. The summed E-state index contributed by atoms with van der Waals surface area (Å²) in [5.74, 6) is -3.04. The van der Waals surface area contributed by atoms with Crippen LogP contribution in [0.3, 0.4) is 0 Å². The van der Waals surface area contributed by atoms with Crippen LogP contribution in [0.1, 0.15) is 29.9 Å². The lowest BCUT2D eigenvalue weighted by atomic mass is 10.2. The number of carbonyl (C=O) groups excluding carboxylic acids is 2. The smallest absolute Gasteiger partial charge is 0.312 e. The lowest BCUT2D eigenvalue weighted by Crippen LogP contribution is -2.41. The molecule has 0 saturated heterocycles. The van der Waals surface area contributed by atoms with Gasteiger partial charge < -0.3 is 4.84 Å². The van der Waals surface area contributed by atoms with E-state index in [0.29, 0.717) is 12.1 Å². The van der Waals surface area contributed by atoms with E-state index in [4.69, 9.17) is 11.6 Å². The summed E-state index contributed by atoms with van der Waals surface area (Å²) in [6, 6.07) is 1.32. The van der Waals surface area contributed by atoms with E-state index in [2.05, 4.69) is 9.99 Å². The molecule has 0 aliphatic rings. The normalized spacial score (nSPS) is 12.1. The molecule has 0 unspecified atom stereocenters. The fourth-order valence-electron chi connectivity index (χ4n) is 2.21. The average Bonchev–Trinajstić information content (AvgIpc) is 2.62. The zero-order chi connectivity index (χ0) is 23.0. The van der Waals surface area contributed by atoms with E-state index >= 15 is 0 Å². The first kappa shape index (κ1) is 23.0. The molecular formula is C17H12ClF4N3O5. The molecule has 0 aliphatic carbocycles. The number of hydrogen-bond acceptors (Lipinski definition) is 6. The molecule has 30 heavy (non-hydrogen) atoms. The molecule has 8 nitrogen and oxygen atoms in total. The fourth-order valence-corrected chi connectivity index (χ4v) is 2.44. The number of carbonyl (C=O) groups is 2. The van der Waals surface area contributed by atoms with Crippen LogP contribution in [-0.4, -0.2) is 26.6 Å². The van der Waals surface area contributed by atoms with Crippen molar-refractivity contribution in [1.82, 2.24) is 9.13 Å². The topological polar surface area (TPSA) is 99.7 Å². The predicted octanol–water partition coefficient (Wildman–Crippen LogP) is 2.47. The monoisotopic (exact) mass is 449 g/mol. The van der Waals surface area contributed by atoms with Gasteiger partial charge in [-0.05, 0) is 19.1 Å². The van der Waals surface area contributed by atoms with Crippen molar-refractivity contribution >= 4 is 29.1 Å². The molecule has 1 aromatic carbocycles. The summed E-state index contributed by atoms with van der Waals surface area (Å²) < 4.78 is 53.5. The van der Waals surface area contributed by atoms with Gasteiger partial charge in [0, 0.05) is 20.0 Å². The van der Waals surface area contributed by atoms with Crippen LogP contribution in [0.5, 0.6) is 0 Å². The number of benzene rings is 1. The highest BCUT2D eigenvalue weighted by Gasteiger charge is 2.35. The van der Waals surface area contributed by atoms with Crippen LogP contribution in [0.25, 0.3) is 5.69 Å². The molecule has 160 valence electrons. The number of hydrogen-bond donors (Lipinski definition) is 0. The standard InChI is InChI=1S/C17H12ClF4N3O5/c1-7(8(2)26)23-30-15(28)9-4-12(11(19)5-10(9)18)25-14(27)6-13(17(20,21)22)24(3)16(25)29/h4-6H,1-3H3. The van der Waals surface area contributed by atoms with Gasteiger partial charge in [-0.25, -0.2) is 18.5 Å². The number of halogens is 5. The lowest BCUT2D eigenvalue weighted by molar-refractivity contribution is -0.144. The molecule has 13 heteroatoms. The van der Waals surface area contributed by atoms with Crippen LogP contribution < -0.4 is 11.2 Å². The van der Waals surface area contributed by atoms with Gasteiger partial charge in [0.15, 0.2) is 5.78 Å². The maximum absolute atomic E-state index is 14.4. The number of oxime groups is 1. The Labute approximate surface area is 169 Å². The van der Waals surface area contributed by atoms with Gasteiger partial charge in [-0.3, -0.25) is 14.2 Å². The number of alkyl halides is 3. The molecule has 0 atom stereocenters. The molecule has 2 aromatic rings. The SMILES string of the molecule is CC(=O)C(C)=NOC(=O)c1cc(-n2c(=O)cc(C(F)(F)F)n(C)c2=O)c(F)cc1Cl. The third-order valence-electron chi connectivity index (χ3n) is 3.88. The zero-order valence-electron chi connectivity index (χ0n) is 15.5. The second kappa shape index (κ2) is 8.22. The molecule has 0 aliphatic heterocycles. The molecular weight excluding hydrogens is 438 g/mol. The minimum atomic E-state index is -5.01. The lowest BCUT2D eigenvalue weighted by Gasteiger charge is -2.15. The largest absolute Gasteiger partial charge is 0.431 e. The first-order valence-corrected chi connectivity index (χ1v) is 8.30. The molecule has 1 heterocycles. The zero-order valence-corrected chi connectivity index (χ0v) is 16.3. The second-order valence-corrected chi connectivity index (χ2v) is 6.34. The van der Waals surface area contributed by atoms with Crippen molar-refractivity contribution in [1.29, 1.82) is 0 Å². The number of nitrogens with zero attached hydrogens (tertiary/aromatic N) is 3. The molecule has 0 bridgehead atoms. The summed E-state index contributed by atoms with van der Waals surface area (Å²) >= 11 is 5.78. The van der Waals surface area contributed by atoms with E-state index in [9.17, 15) is 36.7 Å². The van der Waals surface area contributed by atoms with Crippen LogP contribution in [-0.2, 0) is 22.9 Å². The van der Waals surface area contributed by atoms with Crippen LogP contribution in [0.2, 0.25) is 5.02 Å². The van der Waals surface area contributed by atoms with E-state index in [1.54, 1.807) is 0 Å². The summed E-state index contributed by atoms with van der Waals surface area (Å²) in [7, 11) is 0.739. The van der Waals surface area contributed by atoms with Gasteiger partial charge in [0.1, 0.15) is 17.2 Å². The fraction of sp³-hybridized carbons (Fsp3) is 0.235. The summed E-state index contributed by atoms with van der Waals surface area (Å²) in [6.07, 6.45) is -5.01. The number of rotatable bonds is 4. The maximum Gasteiger partial charge on any atom is 0.431 e. The Kier molecular flexibility index (Phi) is 6.30. The minimum absolute atomic E-state index is 0.0990. The Morgan fingerprint density at radius 3 is 2.27 bits per heavy atom. The average molecular weight is 450 g/mol. The van der Waals surface area contributed by atoms with E-state index in [-0.39, 0.29) is 20.9 Å². The highest BCUT2D eigenvalue weighted by atomic mass is 35.5. The third-order valence-corrected chi connectivity index (χ3v) is 4.20. The number of ketones is 1. The number of Topliss-reactive ketones (excluding diaryl/α,β-unsaturated/α-hetero) is 1. The van der Waals surface area contributed by atoms with Crippen molar-refractivity contribution in [3.8, 4) is 5.69 Å². The van der Waals surface area contributed by atoms with Crippen LogP contribution in [0.4, 0.5) is 17.6 Å². The molecule has 0 amide bonds. The van der Waals surface area contributed by atoms with Gasteiger partial charge in [-0.2, -0.15) is 13.2 Å². The van der Waals surface area contributed by atoms with Gasteiger partial charge in [0.25, 0.3) is 5.56 Å². The Hall–Kier alpha value is -3.28. The predicted molar refractivity (Wildman–Crippen MR) is 96.5 cm³/mol. The molecule has 0 radical (unpaired) electrons. The van der Waals surface area contributed by atoms with Crippen molar-refractivity contribution in [2.45, 2.75) is 20.0 Å². The molecule has 2 rings (SSSR count). The van der Waals surface area contributed by atoms with Gasteiger partial charge in [-0.15, -0.1) is 0 Å². The van der Waals surface area contributed by atoms with Crippen LogP contribution >= 0.6 is 11.6 Å². The second-order valence-electron chi connectivity index (χ2n) is 5.94. The van der Waals surface area contributed by atoms with Crippen molar-refractivity contribution in [3.05, 3.63) is 61.1 Å². The van der Waals surface area contributed by atoms with E-state index in [1.165, 1.54) is 6.92 Å². The summed E-state index contributed by atoms with van der Waals surface area (Å²) in [5, 5.41) is 2.77.